The number of rotatable bonds is 3. The molecule has 3 aromatic heterocycles. The van der Waals surface area contributed by atoms with Crippen LogP contribution in [-0.2, 0) is 0 Å². The lowest BCUT2D eigenvalue weighted by Crippen LogP contribution is -2.49. The molecule has 0 atom stereocenters. The maximum atomic E-state index is 13.0. The van der Waals surface area contributed by atoms with Crippen molar-refractivity contribution in [1.82, 2.24) is 24.5 Å². The Morgan fingerprint density at radius 3 is 2.53 bits per heavy atom. The quantitative estimate of drug-likeness (QED) is 0.385. The molecule has 0 aliphatic carbocycles. The van der Waals surface area contributed by atoms with Crippen LogP contribution < -0.4 is 4.90 Å². The molecular formula is C25H21ClN6O2. The van der Waals surface area contributed by atoms with Crippen molar-refractivity contribution in [3.63, 3.8) is 0 Å². The summed E-state index contributed by atoms with van der Waals surface area (Å²) in [6, 6.07) is 16.9. The molecule has 1 aliphatic heterocycles. The normalized spacial score (nSPS) is 14.3. The molecule has 1 amide bonds. The highest BCUT2D eigenvalue weighted by atomic mass is 35.5. The highest BCUT2D eigenvalue weighted by Crippen LogP contribution is 2.30. The van der Waals surface area contributed by atoms with E-state index in [0.717, 1.165) is 16.5 Å². The number of fused-ring (bicyclic) bond motifs is 3. The zero-order valence-corrected chi connectivity index (χ0v) is 19.2. The summed E-state index contributed by atoms with van der Waals surface area (Å²) in [5, 5.41) is 10.3. The molecule has 0 bridgehead atoms. The Balaban J connectivity index is 1.37. The van der Waals surface area contributed by atoms with E-state index in [1.807, 2.05) is 70.8 Å². The van der Waals surface area contributed by atoms with Gasteiger partial charge in [0.1, 0.15) is 0 Å². The van der Waals surface area contributed by atoms with Gasteiger partial charge in [-0.3, -0.25) is 4.79 Å². The van der Waals surface area contributed by atoms with Gasteiger partial charge in [-0.25, -0.2) is 9.38 Å². The highest BCUT2D eigenvalue weighted by Gasteiger charge is 2.27. The second-order valence-electron chi connectivity index (χ2n) is 8.38. The number of furan rings is 1. The van der Waals surface area contributed by atoms with Gasteiger partial charge in [0.15, 0.2) is 11.4 Å². The number of carbonyl (C=O) groups is 1. The van der Waals surface area contributed by atoms with Crippen molar-refractivity contribution in [3.05, 3.63) is 77.0 Å². The molecule has 1 aliphatic rings. The lowest BCUT2D eigenvalue weighted by Gasteiger charge is -2.35. The van der Waals surface area contributed by atoms with Gasteiger partial charge >= 0.3 is 0 Å². The van der Waals surface area contributed by atoms with E-state index in [0.29, 0.717) is 59.9 Å². The maximum absolute atomic E-state index is 13.0. The standard InChI is InChI=1S/C25H21ClN6O2/c1-16-4-6-17(7-5-16)24(33)30-10-12-31(13-11-30)25-27-20-15-18(26)8-9-19(20)22-28-29-23(32(22)25)21-3-2-14-34-21/h2-9,14-15H,10-13H2,1H3. The van der Waals surface area contributed by atoms with E-state index < -0.39 is 0 Å². The van der Waals surface area contributed by atoms with Gasteiger partial charge in [-0.05, 0) is 49.4 Å². The van der Waals surface area contributed by atoms with Crippen LogP contribution in [0.25, 0.3) is 28.1 Å². The fourth-order valence-electron chi connectivity index (χ4n) is 4.36. The zero-order valence-electron chi connectivity index (χ0n) is 18.5. The van der Waals surface area contributed by atoms with Crippen LogP contribution in [-0.4, -0.2) is 56.6 Å². The zero-order chi connectivity index (χ0) is 23.2. The predicted molar refractivity (Wildman–Crippen MR) is 130 cm³/mol. The number of carbonyl (C=O) groups excluding carboxylic acids is 1. The van der Waals surface area contributed by atoms with Crippen molar-refractivity contribution in [3.8, 4) is 11.6 Å². The summed E-state index contributed by atoms with van der Waals surface area (Å²) in [4.78, 5) is 22.0. The molecule has 170 valence electrons. The first-order chi connectivity index (χ1) is 16.6. The third-order valence-corrected chi connectivity index (χ3v) is 6.41. The average Bonchev–Trinajstić information content (AvgIpc) is 3.54. The van der Waals surface area contributed by atoms with Crippen molar-refractivity contribution in [1.29, 1.82) is 0 Å². The largest absolute Gasteiger partial charge is 0.461 e. The van der Waals surface area contributed by atoms with Gasteiger partial charge in [0.2, 0.25) is 11.8 Å². The number of benzene rings is 2. The van der Waals surface area contributed by atoms with Crippen molar-refractivity contribution < 1.29 is 9.21 Å². The van der Waals surface area contributed by atoms with Crippen LogP contribution in [0.15, 0.2) is 65.3 Å². The number of halogens is 1. The summed E-state index contributed by atoms with van der Waals surface area (Å²) in [6.45, 7) is 4.44. The van der Waals surface area contributed by atoms with E-state index >= 15 is 0 Å². The number of aryl methyl sites for hydroxylation is 1. The first-order valence-corrected chi connectivity index (χ1v) is 11.5. The monoisotopic (exact) mass is 472 g/mol. The number of hydrogen-bond acceptors (Lipinski definition) is 6. The smallest absolute Gasteiger partial charge is 0.253 e. The molecule has 5 aromatic rings. The van der Waals surface area contributed by atoms with Crippen LogP contribution in [0.5, 0.6) is 0 Å². The molecule has 8 nitrogen and oxygen atoms in total. The van der Waals surface area contributed by atoms with Crippen molar-refractivity contribution in [2.24, 2.45) is 0 Å². The lowest BCUT2D eigenvalue weighted by atomic mass is 10.1. The van der Waals surface area contributed by atoms with Gasteiger partial charge < -0.3 is 14.2 Å². The molecule has 4 heterocycles. The van der Waals surface area contributed by atoms with Crippen LogP contribution in [0.4, 0.5) is 5.95 Å². The summed E-state index contributed by atoms with van der Waals surface area (Å²) in [7, 11) is 0. The van der Waals surface area contributed by atoms with Crippen LogP contribution in [0, 0.1) is 6.92 Å². The molecule has 0 saturated carbocycles. The van der Waals surface area contributed by atoms with Crippen molar-refractivity contribution >= 4 is 40.0 Å². The predicted octanol–water partition coefficient (Wildman–Crippen LogP) is 4.46. The first kappa shape index (κ1) is 20.7. The molecule has 1 fully saturated rings. The molecule has 0 unspecified atom stereocenters. The SMILES string of the molecule is Cc1ccc(C(=O)N2CCN(c3nc4cc(Cl)ccc4c4nnc(-c5ccco5)n34)CC2)cc1. The summed E-state index contributed by atoms with van der Waals surface area (Å²) < 4.78 is 7.54. The number of aromatic nitrogens is 4. The third kappa shape index (κ3) is 3.47. The molecule has 1 saturated heterocycles. The van der Waals surface area contributed by atoms with Crippen LogP contribution >= 0.6 is 11.6 Å². The Bertz CT molecular complexity index is 1500. The van der Waals surface area contributed by atoms with Crippen molar-refractivity contribution in [2.75, 3.05) is 31.1 Å². The van der Waals surface area contributed by atoms with E-state index in [2.05, 4.69) is 15.1 Å². The van der Waals surface area contributed by atoms with E-state index in [9.17, 15) is 4.79 Å². The number of anilines is 1. The van der Waals surface area contributed by atoms with Crippen molar-refractivity contribution in [2.45, 2.75) is 6.92 Å². The average molecular weight is 473 g/mol. The van der Waals surface area contributed by atoms with Gasteiger partial charge in [0.25, 0.3) is 5.91 Å². The molecule has 2 aromatic carbocycles. The Morgan fingerprint density at radius 2 is 1.79 bits per heavy atom. The molecular weight excluding hydrogens is 452 g/mol. The maximum Gasteiger partial charge on any atom is 0.253 e. The van der Waals surface area contributed by atoms with Gasteiger partial charge in [-0.1, -0.05) is 29.3 Å². The Morgan fingerprint density at radius 1 is 1.00 bits per heavy atom. The molecule has 9 heteroatoms. The Labute approximate surface area is 200 Å². The lowest BCUT2D eigenvalue weighted by molar-refractivity contribution is 0.0746. The number of amides is 1. The number of nitrogens with zero attached hydrogens (tertiary/aromatic N) is 6. The van der Waals surface area contributed by atoms with E-state index in [1.54, 1.807) is 6.26 Å². The van der Waals surface area contributed by atoms with E-state index in [-0.39, 0.29) is 5.91 Å². The molecule has 6 rings (SSSR count). The van der Waals surface area contributed by atoms with Crippen LogP contribution in [0.1, 0.15) is 15.9 Å². The highest BCUT2D eigenvalue weighted by molar-refractivity contribution is 6.31. The van der Waals surface area contributed by atoms with Gasteiger partial charge in [0, 0.05) is 42.2 Å². The summed E-state index contributed by atoms with van der Waals surface area (Å²) in [5.74, 6) is 1.93. The van der Waals surface area contributed by atoms with Crippen LogP contribution in [0.3, 0.4) is 0 Å². The van der Waals surface area contributed by atoms with Crippen LogP contribution in [0.2, 0.25) is 5.02 Å². The summed E-state index contributed by atoms with van der Waals surface area (Å²) in [5.41, 5.74) is 3.26. The molecule has 0 radical (unpaired) electrons. The third-order valence-electron chi connectivity index (χ3n) is 6.17. The fraction of sp³-hybridized carbons (Fsp3) is 0.200. The molecule has 34 heavy (non-hydrogen) atoms. The van der Waals surface area contributed by atoms with E-state index in [4.69, 9.17) is 21.0 Å². The minimum Gasteiger partial charge on any atom is -0.461 e. The minimum atomic E-state index is 0.0450. The van der Waals surface area contributed by atoms with E-state index in [1.165, 1.54) is 0 Å². The minimum absolute atomic E-state index is 0.0450. The number of hydrogen-bond donors (Lipinski definition) is 0. The first-order valence-electron chi connectivity index (χ1n) is 11.1. The fourth-order valence-corrected chi connectivity index (χ4v) is 4.52. The summed E-state index contributed by atoms with van der Waals surface area (Å²) >= 11 is 6.26. The molecule has 0 N–H and O–H groups in total. The second-order valence-corrected chi connectivity index (χ2v) is 8.81. The Kier molecular flexibility index (Phi) is 4.95. The summed E-state index contributed by atoms with van der Waals surface area (Å²) in [6.07, 6.45) is 1.61. The topological polar surface area (TPSA) is 79.8 Å². The molecule has 0 spiro atoms. The second kappa shape index (κ2) is 8.14. The van der Waals surface area contributed by atoms with Gasteiger partial charge in [0.05, 0.1) is 11.8 Å². The Hall–Kier alpha value is -3.91. The van der Waals surface area contributed by atoms with Gasteiger partial charge in [-0.2, -0.15) is 0 Å². The number of piperazine rings is 1. The van der Waals surface area contributed by atoms with Gasteiger partial charge in [-0.15, -0.1) is 10.2 Å².